The van der Waals surface area contributed by atoms with Crippen molar-refractivity contribution in [2.45, 2.75) is 0 Å². The molecule has 0 aromatic heterocycles. The topological polar surface area (TPSA) is 149 Å². The molecule has 82 valence electrons. The molecule has 0 atom stereocenters. The van der Waals surface area contributed by atoms with E-state index in [1.165, 1.54) is 0 Å². The molecule has 0 saturated heterocycles. The summed E-state index contributed by atoms with van der Waals surface area (Å²) in [6.07, 6.45) is 1.12. The average molecular weight is 254 g/mol. The van der Waals surface area contributed by atoms with Gasteiger partial charge in [-0.2, -0.15) is 0 Å². The molecule has 0 heterocycles. The molecule has 0 aromatic carbocycles. The van der Waals surface area contributed by atoms with E-state index in [4.69, 9.17) is 30.0 Å². The van der Waals surface area contributed by atoms with Gasteiger partial charge in [-0.25, -0.2) is 19.2 Å². The molecule has 0 aliphatic carbocycles. The van der Waals surface area contributed by atoms with Gasteiger partial charge in [-0.05, 0) is 0 Å². The fourth-order valence-electron chi connectivity index (χ4n) is 0.143. The Kier molecular flexibility index (Phi) is 22.6. The van der Waals surface area contributed by atoms with E-state index in [0.717, 1.165) is 0 Å². The van der Waals surface area contributed by atoms with E-state index in [1.54, 1.807) is 0 Å². The van der Waals surface area contributed by atoms with Gasteiger partial charge in [0, 0.05) is 12.2 Å². The van der Waals surface area contributed by atoms with E-state index in [2.05, 4.69) is 0 Å². The fourth-order valence-corrected chi connectivity index (χ4v) is 0.143. The van der Waals surface area contributed by atoms with Gasteiger partial charge in [0.25, 0.3) is 0 Å². The van der Waals surface area contributed by atoms with E-state index >= 15 is 0 Å². The Balaban J connectivity index is -0.0000000825. The van der Waals surface area contributed by atoms with Gasteiger partial charge in [0.05, 0.1) is 0 Å². The molecule has 0 fully saturated rings. The van der Waals surface area contributed by atoms with Gasteiger partial charge >= 0.3 is 83.0 Å². The summed E-state index contributed by atoms with van der Waals surface area (Å²) in [5.74, 6) is -6.16. The van der Waals surface area contributed by atoms with Gasteiger partial charge < -0.3 is 20.4 Å². The molecule has 4 N–H and O–H groups in total. The monoisotopic (exact) mass is 254 g/mol. The second-order valence-corrected chi connectivity index (χ2v) is 1.62. The first-order valence-corrected chi connectivity index (χ1v) is 2.87. The zero-order valence-electron chi connectivity index (χ0n) is 6.58. The molecular formula is C6H8Na2O8. The third kappa shape index (κ3) is 29.2. The Morgan fingerprint density at radius 2 is 0.812 bits per heavy atom. The van der Waals surface area contributed by atoms with Gasteiger partial charge in [0.2, 0.25) is 0 Å². The molecule has 10 heteroatoms. The fraction of sp³-hybridized carbons (Fsp3) is 0. The predicted molar refractivity (Wildman–Crippen MR) is 54.0 cm³/mol. The van der Waals surface area contributed by atoms with Crippen molar-refractivity contribution in [1.29, 1.82) is 0 Å². The zero-order chi connectivity index (χ0) is 11.7. The number of carbonyl (C=O) groups is 4. The van der Waals surface area contributed by atoms with Crippen molar-refractivity contribution in [3.8, 4) is 0 Å². The quantitative estimate of drug-likeness (QED) is 0.241. The SMILES string of the molecule is O=C(O)/C=C/C(=O)O.O=C(O)C(=O)O.[NaH].[NaH]. The number of carboxylic acid groups (broad SMARTS) is 4. The number of rotatable bonds is 2. The van der Waals surface area contributed by atoms with Crippen LogP contribution in [0.5, 0.6) is 0 Å². The number of aliphatic carboxylic acids is 4. The Morgan fingerprint density at radius 1 is 0.625 bits per heavy atom. The number of hydrogen-bond donors (Lipinski definition) is 4. The number of carboxylic acids is 4. The molecule has 0 unspecified atom stereocenters. The van der Waals surface area contributed by atoms with Crippen molar-refractivity contribution >= 4 is 83.0 Å². The summed E-state index contributed by atoms with van der Waals surface area (Å²) >= 11 is 0. The zero-order valence-corrected chi connectivity index (χ0v) is 6.58. The summed E-state index contributed by atoms with van der Waals surface area (Å²) in [6, 6.07) is 0. The van der Waals surface area contributed by atoms with Crippen LogP contribution in [-0.2, 0) is 19.2 Å². The standard InChI is InChI=1S/C4H4O4.C2H2O4.2Na.2H/c5-3(6)1-2-4(7)8;3-1(4)2(5)6;;;;/h1-2H,(H,5,6)(H,7,8);(H,3,4)(H,5,6);;;;/b2-1+;;;;;. The van der Waals surface area contributed by atoms with E-state index in [0.29, 0.717) is 12.2 Å². The second-order valence-electron chi connectivity index (χ2n) is 1.62. The van der Waals surface area contributed by atoms with Gasteiger partial charge in [-0.15, -0.1) is 0 Å². The van der Waals surface area contributed by atoms with Crippen molar-refractivity contribution < 1.29 is 39.6 Å². The van der Waals surface area contributed by atoms with Crippen LogP contribution >= 0.6 is 0 Å². The normalized spacial score (nSPS) is 7.50. The third-order valence-electron chi connectivity index (χ3n) is 0.551. The molecule has 0 aliphatic heterocycles. The van der Waals surface area contributed by atoms with E-state index < -0.39 is 23.9 Å². The van der Waals surface area contributed by atoms with Gasteiger partial charge in [0.15, 0.2) is 0 Å². The van der Waals surface area contributed by atoms with Crippen LogP contribution in [0, 0.1) is 0 Å². The van der Waals surface area contributed by atoms with Crippen LogP contribution in [-0.4, -0.2) is 103 Å². The molecule has 0 aliphatic rings. The summed E-state index contributed by atoms with van der Waals surface area (Å²) < 4.78 is 0. The van der Waals surface area contributed by atoms with Gasteiger partial charge in [0.1, 0.15) is 0 Å². The van der Waals surface area contributed by atoms with Crippen LogP contribution < -0.4 is 0 Å². The molecule has 0 bridgehead atoms. The predicted octanol–water partition coefficient (Wildman–Crippen LogP) is -2.43. The Hall–Kier alpha value is -0.380. The minimum absolute atomic E-state index is 0. The summed E-state index contributed by atoms with van der Waals surface area (Å²) in [5.41, 5.74) is 0. The van der Waals surface area contributed by atoms with Crippen molar-refractivity contribution in [3.63, 3.8) is 0 Å². The molecule has 0 saturated carbocycles. The van der Waals surface area contributed by atoms with Gasteiger partial charge in [-0.1, -0.05) is 0 Å². The maximum atomic E-state index is 9.55. The minimum atomic E-state index is -1.82. The molecule has 0 radical (unpaired) electrons. The summed E-state index contributed by atoms with van der Waals surface area (Å²) in [6.45, 7) is 0. The molecule has 8 nitrogen and oxygen atoms in total. The van der Waals surface area contributed by atoms with Crippen molar-refractivity contribution in [2.24, 2.45) is 0 Å². The van der Waals surface area contributed by atoms with Crippen LogP contribution in [0.4, 0.5) is 0 Å². The second kappa shape index (κ2) is 14.6. The molecule has 16 heavy (non-hydrogen) atoms. The molecule has 0 amide bonds. The first-order chi connectivity index (χ1) is 6.27. The van der Waals surface area contributed by atoms with Crippen LogP contribution in [0.15, 0.2) is 12.2 Å². The van der Waals surface area contributed by atoms with Crippen LogP contribution in [0.1, 0.15) is 0 Å². The molecule has 0 aromatic rings. The van der Waals surface area contributed by atoms with Crippen LogP contribution in [0.25, 0.3) is 0 Å². The van der Waals surface area contributed by atoms with Crippen LogP contribution in [0.2, 0.25) is 0 Å². The van der Waals surface area contributed by atoms with E-state index in [1.807, 2.05) is 0 Å². The third-order valence-corrected chi connectivity index (χ3v) is 0.551. The van der Waals surface area contributed by atoms with Crippen molar-refractivity contribution in [2.75, 3.05) is 0 Å². The van der Waals surface area contributed by atoms with Crippen molar-refractivity contribution in [1.82, 2.24) is 0 Å². The first-order valence-electron chi connectivity index (χ1n) is 2.87. The Morgan fingerprint density at radius 3 is 0.875 bits per heavy atom. The summed E-state index contributed by atoms with van der Waals surface area (Å²) in [7, 11) is 0. The summed E-state index contributed by atoms with van der Waals surface area (Å²) in [4.78, 5) is 37.3. The first kappa shape index (κ1) is 24.7. The Labute approximate surface area is 134 Å². The van der Waals surface area contributed by atoms with Crippen molar-refractivity contribution in [3.05, 3.63) is 12.2 Å². The average Bonchev–Trinajstić information content (AvgIpc) is 2.01. The van der Waals surface area contributed by atoms with Gasteiger partial charge in [-0.3, -0.25) is 0 Å². The molecular weight excluding hydrogens is 246 g/mol. The van der Waals surface area contributed by atoms with Crippen LogP contribution in [0.3, 0.4) is 0 Å². The molecule has 0 spiro atoms. The maximum absolute atomic E-state index is 9.55. The Bertz CT molecular complexity index is 256. The van der Waals surface area contributed by atoms with E-state index in [-0.39, 0.29) is 59.1 Å². The van der Waals surface area contributed by atoms with E-state index in [9.17, 15) is 9.59 Å². The number of hydrogen-bond acceptors (Lipinski definition) is 4. The molecule has 0 rings (SSSR count). The summed E-state index contributed by atoms with van der Waals surface area (Å²) in [5, 5.41) is 30.4.